The van der Waals surface area contributed by atoms with E-state index >= 15 is 0 Å². The molecule has 1 atom stereocenters. The lowest BCUT2D eigenvalue weighted by Gasteiger charge is -2.20. The van der Waals surface area contributed by atoms with E-state index in [9.17, 15) is 8.42 Å². The van der Waals surface area contributed by atoms with Gasteiger partial charge in [-0.1, -0.05) is 37.2 Å². The summed E-state index contributed by atoms with van der Waals surface area (Å²) in [5.41, 5.74) is 6.41. The molecule has 1 aliphatic rings. The van der Waals surface area contributed by atoms with E-state index in [1.165, 1.54) is 12.8 Å². The van der Waals surface area contributed by atoms with Gasteiger partial charge in [0.15, 0.2) is 0 Å². The Hall–Kier alpha value is -0.980. The van der Waals surface area contributed by atoms with E-state index in [1.807, 2.05) is 6.92 Å². The minimum Gasteiger partial charge on any atom is -0.393 e. The van der Waals surface area contributed by atoms with Gasteiger partial charge >= 0.3 is 0 Å². The molecule has 21 heavy (non-hydrogen) atoms. The van der Waals surface area contributed by atoms with Crippen LogP contribution in [0.3, 0.4) is 0 Å². The highest BCUT2D eigenvalue weighted by Gasteiger charge is 2.26. The molecule has 0 heterocycles. The molecule has 0 bridgehead atoms. The number of sulfonamides is 1. The molecule has 4 nitrogen and oxygen atoms in total. The van der Waals surface area contributed by atoms with E-state index in [1.54, 1.807) is 24.3 Å². The number of rotatable bonds is 6. The Morgan fingerprint density at radius 2 is 1.90 bits per heavy atom. The smallest absolute Gasteiger partial charge is 0.240 e. The van der Waals surface area contributed by atoms with Gasteiger partial charge in [0.05, 0.1) is 9.88 Å². The third kappa shape index (κ3) is 4.49. The minimum absolute atomic E-state index is 0.0196. The summed E-state index contributed by atoms with van der Waals surface area (Å²) in [6.45, 7) is 1.95. The van der Waals surface area contributed by atoms with Gasteiger partial charge in [-0.2, -0.15) is 0 Å². The van der Waals surface area contributed by atoms with Crippen molar-refractivity contribution in [1.29, 1.82) is 0 Å². The molecule has 6 heteroatoms. The van der Waals surface area contributed by atoms with Crippen LogP contribution in [0.15, 0.2) is 29.2 Å². The van der Waals surface area contributed by atoms with Crippen molar-refractivity contribution in [2.45, 2.75) is 50.0 Å². The standard InChI is InChI=1S/C15H22N2O2S2/c1-11(13-4-2-3-5-13)17-21(18,19)14-8-6-12(7-9-14)10-15(16)20/h6-9,11,13,17H,2-5,10H2,1H3,(H2,16,20). The van der Waals surface area contributed by atoms with E-state index in [0.717, 1.165) is 18.4 Å². The van der Waals surface area contributed by atoms with E-state index in [0.29, 0.717) is 22.2 Å². The Balaban J connectivity index is 2.06. The molecule has 1 aromatic rings. The van der Waals surface area contributed by atoms with Crippen LogP contribution in [0.4, 0.5) is 0 Å². The summed E-state index contributed by atoms with van der Waals surface area (Å²) < 4.78 is 27.5. The van der Waals surface area contributed by atoms with E-state index in [-0.39, 0.29) is 6.04 Å². The van der Waals surface area contributed by atoms with Crippen LogP contribution in [0.1, 0.15) is 38.2 Å². The third-order valence-corrected chi connectivity index (χ3v) is 5.78. The normalized spacial score (nSPS) is 17.8. The Morgan fingerprint density at radius 1 is 1.33 bits per heavy atom. The van der Waals surface area contributed by atoms with Crippen molar-refractivity contribution < 1.29 is 8.42 Å². The molecular weight excluding hydrogens is 304 g/mol. The molecule has 1 saturated carbocycles. The van der Waals surface area contributed by atoms with Crippen molar-refractivity contribution in [1.82, 2.24) is 4.72 Å². The first-order chi connectivity index (χ1) is 9.88. The van der Waals surface area contributed by atoms with Gasteiger partial charge in [0, 0.05) is 12.5 Å². The summed E-state index contributed by atoms with van der Waals surface area (Å²) in [5.74, 6) is 0.452. The van der Waals surface area contributed by atoms with Gasteiger partial charge in [0.2, 0.25) is 10.0 Å². The number of nitrogens with one attached hydrogen (secondary N) is 1. The zero-order valence-corrected chi connectivity index (χ0v) is 13.8. The van der Waals surface area contributed by atoms with Crippen LogP contribution < -0.4 is 10.5 Å². The summed E-state index contributed by atoms with van der Waals surface area (Å²) in [5, 5.41) is 0. The average Bonchev–Trinajstić information content (AvgIpc) is 2.92. The number of hydrogen-bond donors (Lipinski definition) is 2. The summed E-state index contributed by atoms with van der Waals surface area (Å²) in [7, 11) is -3.46. The largest absolute Gasteiger partial charge is 0.393 e. The van der Waals surface area contributed by atoms with Crippen molar-refractivity contribution in [2.24, 2.45) is 11.7 Å². The molecule has 0 radical (unpaired) electrons. The van der Waals surface area contributed by atoms with Gasteiger partial charge in [-0.3, -0.25) is 0 Å². The fourth-order valence-corrected chi connectivity index (χ4v) is 4.33. The van der Waals surface area contributed by atoms with Crippen LogP contribution in [-0.4, -0.2) is 19.4 Å². The van der Waals surface area contributed by atoms with E-state index < -0.39 is 10.0 Å². The zero-order chi connectivity index (χ0) is 15.5. The van der Waals surface area contributed by atoms with Crippen molar-refractivity contribution in [2.75, 3.05) is 0 Å². The van der Waals surface area contributed by atoms with Crippen molar-refractivity contribution in [3.05, 3.63) is 29.8 Å². The van der Waals surface area contributed by atoms with E-state index in [4.69, 9.17) is 18.0 Å². The molecule has 0 amide bonds. The van der Waals surface area contributed by atoms with Gasteiger partial charge in [-0.15, -0.1) is 0 Å². The highest BCUT2D eigenvalue weighted by Crippen LogP contribution is 2.28. The molecule has 1 fully saturated rings. The lowest BCUT2D eigenvalue weighted by Crippen LogP contribution is -2.37. The molecule has 116 valence electrons. The number of hydrogen-bond acceptors (Lipinski definition) is 3. The van der Waals surface area contributed by atoms with Crippen LogP contribution in [-0.2, 0) is 16.4 Å². The van der Waals surface area contributed by atoms with Gasteiger partial charge in [-0.25, -0.2) is 13.1 Å². The maximum Gasteiger partial charge on any atom is 0.240 e. The van der Waals surface area contributed by atoms with Crippen molar-refractivity contribution in [3.63, 3.8) is 0 Å². The maximum atomic E-state index is 12.4. The number of thiocarbonyl (C=S) groups is 1. The minimum atomic E-state index is -3.46. The molecule has 0 saturated heterocycles. The van der Waals surface area contributed by atoms with E-state index in [2.05, 4.69) is 4.72 Å². The highest BCUT2D eigenvalue weighted by molar-refractivity contribution is 7.89. The summed E-state index contributed by atoms with van der Waals surface area (Å²) >= 11 is 4.85. The molecule has 2 rings (SSSR count). The predicted octanol–water partition coefficient (Wildman–Crippen LogP) is 2.37. The maximum absolute atomic E-state index is 12.4. The summed E-state index contributed by atoms with van der Waals surface area (Å²) in [6.07, 6.45) is 5.10. The molecule has 3 N–H and O–H groups in total. The number of nitrogens with two attached hydrogens (primary N) is 1. The van der Waals surface area contributed by atoms with Crippen molar-refractivity contribution in [3.8, 4) is 0 Å². The third-order valence-electron chi connectivity index (χ3n) is 4.06. The molecule has 1 aromatic carbocycles. The first-order valence-corrected chi connectivity index (χ1v) is 9.17. The SMILES string of the molecule is CC(NS(=O)(=O)c1ccc(CC(N)=S)cc1)C1CCCC1. The second-order valence-corrected chi connectivity index (χ2v) is 7.98. The number of benzene rings is 1. The molecule has 0 aliphatic heterocycles. The van der Waals surface area contributed by atoms with Gasteiger partial charge in [-0.05, 0) is 43.4 Å². The second-order valence-electron chi connectivity index (χ2n) is 5.74. The van der Waals surface area contributed by atoms with Gasteiger partial charge in [0.25, 0.3) is 0 Å². The van der Waals surface area contributed by atoms with Crippen LogP contribution in [0, 0.1) is 5.92 Å². The monoisotopic (exact) mass is 326 g/mol. The lowest BCUT2D eigenvalue weighted by molar-refractivity contribution is 0.424. The molecule has 0 aromatic heterocycles. The van der Waals surface area contributed by atoms with Crippen LogP contribution >= 0.6 is 12.2 Å². The van der Waals surface area contributed by atoms with Crippen LogP contribution in [0.25, 0.3) is 0 Å². The Labute approximate surface area is 132 Å². The van der Waals surface area contributed by atoms with Gasteiger partial charge < -0.3 is 5.73 Å². The molecule has 0 spiro atoms. The topological polar surface area (TPSA) is 72.2 Å². The Kier molecular flexibility index (Phi) is 5.35. The molecule has 1 aliphatic carbocycles. The summed E-state index contributed by atoms with van der Waals surface area (Å²) in [4.78, 5) is 0.692. The first kappa shape index (κ1) is 16.4. The van der Waals surface area contributed by atoms with Crippen LogP contribution in [0.2, 0.25) is 0 Å². The Bertz CT molecular complexity index is 591. The molecular formula is C15H22N2O2S2. The molecule has 1 unspecified atom stereocenters. The summed E-state index contributed by atoms with van der Waals surface area (Å²) in [6, 6.07) is 6.71. The van der Waals surface area contributed by atoms with Gasteiger partial charge in [0.1, 0.15) is 0 Å². The lowest BCUT2D eigenvalue weighted by atomic mass is 10.0. The fraction of sp³-hybridized carbons (Fsp3) is 0.533. The van der Waals surface area contributed by atoms with Crippen molar-refractivity contribution >= 4 is 27.2 Å². The predicted molar refractivity (Wildman–Crippen MR) is 88.7 cm³/mol. The second kappa shape index (κ2) is 6.85. The zero-order valence-electron chi connectivity index (χ0n) is 12.2. The Morgan fingerprint density at radius 3 is 2.43 bits per heavy atom. The highest BCUT2D eigenvalue weighted by atomic mass is 32.2. The van der Waals surface area contributed by atoms with Crippen LogP contribution in [0.5, 0.6) is 0 Å². The average molecular weight is 326 g/mol. The quantitative estimate of drug-likeness (QED) is 0.787. The first-order valence-electron chi connectivity index (χ1n) is 7.28. The fourth-order valence-electron chi connectivity index (χ4n) is 2.85.